The fourth-order valence-electron chi connectivity index (χ4n) is 1.61. The van der Waals surface area contributed by atoms with Crippen molar-refractivity contribution in [1.29, 1.82) is 0 Å². The monoisotopic (exact) mass is 272 g/mol. The minimum atomic E-state index is 0.0540. The molecule has 0 aliphatic carbocycles. The molecule has 94 valence electrons. The van der Waals surface area contributed by atoms with Crippen molar-refractivity contribution in [2.45, 2.75) is 30.2 Å². The fourth-order valence-corrected chi connectivity index (χ4v) is 3.29. The number of amides is 1. The summed E-state index contributed by atoms with van der Waals surface area (Å²) in [4.78, 5) is 15.9. The molecule has 17 heavy (non-hydrogen) atoms. The molecule has 6 heteroatoms. The molecule has 0 bridgehead atoms. The molecule has 1 amide bonds. The predicted octanol–water partition coefficient (Wildman–Crippen LogP) is 1.84. The SMILES string of the molecule is Cc1csc(SCC(=O)NCC2CCCO2)n1. The molecule has 1 saturated heterocycles. The van der Waals surface area contributed by atoms with Crippen LogP contribution >= 0.6 is 23.1 Å². The van der Waals surface area contributed by atoms with E-state index in [9.17, 15) is 4.79 Å². The molecule has 1 aliphatic rings. The van der Waals surface area contributed by atoms with Gasteiger partial charge in [-0.25, -0.2) is 4.98 Å². The first-order chi connectivity index (χ1) is 8.24. The number of thiazole rings is 1. The molecule has 1 atom stereocenters. The van der Waals surface area contributed by atoms with Gasteiger partial charge in [0, 0.05) is 24.2 Å². The van der Waals surface area contributed by atoms with Gasteiger partial charge < -0.3 is 10.1 Å². The van der Waals surface area contributed by atoms with Crippen molar-refractivity contribution >= 4 is 29.0 Å². The second-order valence-electron chi connectivity index (χ2n) is 3.98. The Morgan fingerprint density at radius 2 is 2.65 bits per heavy atom. The normalized spacial score (nSPS) is 19.5. The van der Waals surface area contributed by atoms with Crippen molar-refractivity contribution in [3.63, 3.8) is 0 Å². The van der Waals surface area contributed by atoms with E-state index in [1.165, 1.54) is 11.8 Å². The average Bonchev–Trinajstić information content (AvgIpc) is 2.95. The Kier molecular flexibility index (Phi) is 4.82. The van der Waals surface area contributed by atoms with E-state index >= 15 is 0 Å². The van der Waals surface area contributed by atoms with Crippen LogP contribution in [0.3, 0.4) is 0 Å². The molecular formula is C11H16N2O2S2. The number of nitrogens with one attached hydrogen (secondary N) is 1. The van der Waals surface area contributed by atoms with Crippen LogP contribution < -0.4 is 5.32 Å². The Morgan fingerprint density at radius 1 is 1.76 bits per heavy atom. The molecule has 1 aliphatic heterocycles. The number of carbonyl (C=O) groups excluding carboxylic acids is 1. The average molecular weight is 272 g/mol. The first-order valence-corrected chi connectivity index (χ1v) is 7.54. The topological polar surface area (TPSA) is 51.2 Å². The third kappa shape index (κ3) is 4.29. The van der Waals surface area contributed by atoms with Crippen LogP contribution in [0.4, 0.5) is 0 Å². The summed E-state index contributed by atoms with van der Waals surface area (Å²) in [6, 6.07) is 0. The summed E-state index contributed by atoms with van der Waals surface area (Å²) in [5, 5.41) is 4.89. The highest BCUT2D eigenvalue weighted by atomic mass is 32.2. The lowest BCUT2D eigenvalue weighted by molar-refractivity contribution is -0.119. The minimum Gasteiger partial charge on any atom is -0.376 e. The van der Waals surface area contributed by atoms with Crippen LogP contribution in [0.15, 0.2) is 9.72 Å². The zero-order chi connectivity index (χ0) is 12.1. The first kappa shape index (κ1) is 12.9. The van der Waals surface area contributed by atoms with E-state index < -0.39 is 0 Å². The lowest BCUT2D eigenvalue weighted by Gasteiger charge is -2.09. The summed E-state index contributed by atoms with van der Waals surface area (Å²) >= 11 is 3.07. The van der Waals surface area contributed by atoms with Gasteiger partial charge in [0.05, 0.1) is 11.9 Å². The minimum absolute atomic E-state index is 0.0540. The summed E-state index contributed by atoms with van der Waals surface area (Å²) in [5.74, 6) is 0.484. The Hall–Kier alpha value is -0.590. The maximum atomic E-state index is 11.6. The van der Waals surface area contributed by atoms with Crippen LogP contribution in [0.1, 0.15) is 18.5 Å². The van der Waals surface area contributed by atoms with Crippen LogP contribution in [0.2, 0.25) is 0 Å². The largest absolute Gasteiger partial charge is 0.376 e. The fraction of sp³-hybridized carbons (Fsp3) is 0.636. The van der Waals surface area contributed by atoms with Gasteiger partial charge >= 0.3 is 0 Å². The van der Waals surface area contributed by atoms with Crippen LogP contribution in [0.25, 0.3) is 0 Å². The van der Waals surface area contributed by atoms with Crippen molar-refractivity contribution in [2.75, 3.05) is 18.9 Å². The maximum Gasteiger partial charge on any atom is 0.230 e. The van der Waals surface area contributed by atoms with Gasteiger partial charge in [0.1, 0.15) is 0 Å². The maximum absolute atomic E-state index is 11.6. The molecule has 4 nitrogen and oxygen atoms in total. The van der Waals surface area contributed by atoms with E-state index in [4.69, 9.17) is 4.74 Å². The number of rotatable bonds is 5. The number of nitrogens with zero attached hydrogens (tertiary/aromatic N) is 1. The smallest absolute Gasteiger partial charge is 0.230 e. The number of hydrogen-bond acceptors (Lipinski definition) is 5. The quantitative estimate of drug-likeness (QED) is 0.831. The van der Waals surface area contributed by atoms with Gasteiger partial charge in [-0.1, -0.05) is 11.8 Å². The number of aryl methyl sites for hydroxylation is 1. The highest BCUT2D eigenvalue weighted by Gasteiger charge is 2.16. The van der Waals surface area contributed by atoms with Crippen LogP contribution in [0.5, 0.6) is 0 Å². The number of aromatic nitrogens is 1. The van der Waals surface area contributed by atoms with E-state index in [1.807, 2.05) is 12.3 Å². The van der Waals surface area contributed by atoms with E-state index in [2.05, 4.69) is 10.3 Å². The summed E-state index contributed by atoms with van der Waals surface area (Å²) in [6.45, 7) is 3.42. The Balaban J connectivity index is 1.63. The zero-order valence-electron chi connectivity index (χ0n) is 9.77. The van der Waals surface area contributed by atoms with Crippen LogP contribution in [0, 0.1) is 6.92 Å². The Bertz CT molecular complexity index is 375. The molecule has 0 spiro atoms. The third-order valence-corrected chi connectivity index (χ3v) is 4.61. The van der Waals surface area contributed by atoms with Crippen molar-refractivity contribution in [3.8, 4) is 0 Å². The molecule has 1 fully saturated rings. The van der Waals surface area contributed by atoms with E-state index in [1.54, 1.807) is 11.3 Å². The Morgan fingerprint density at radius 3 is 3.29 bits per heavy atom. The van der Waals surface area contributed by atoms with Gasteiger partial charge in [-0.05, 0) is 19.8 Å². The third-order valence-electron chi connectivity index (χ3n) is 2.48. The van der Waals surface area contributed by atoms with Crippen molar-refractivity contribution in [3.05, 3.63) is 11.1 Å². The highest BCUT2D eigenvalue weighted by Crippen LogP contribution is 2.21. The molecule has 0 saturated carbocycles. The van der Waals surface area contributed by atoms with Gasteiger partial charge in [-0.2, -0.15) is 0 Å². The number of hydrogen-bond donors (Lipinski definition) is 1. The standard InChI is InChI=1S/C11H16N2O2S2/c1-8-6-16-11(13-8)17-7-10(14)12-5-9-3-2-4-15-9/h6,9H,2-5,7H2,1H3,(H,12,14). The molecule has 1 aromatic heterocycles. The summed E-state index contributed by atoms with van der Waals surface area (Å²) in [5.41, 5.74) is 1.01. The Labute approximate surface area is 109 Å². The molecule has 1 N–H and O–H groups in total. The first-order valence-electron chi connectivity index (χ1n) is 5.67. The van der Waals surface area contributed by atoms with Crippen molar-refractivity contribution in [1.82, 2.24) is 10.3 Å². The second kappa shape index (κ2) is 6.37. The number of thioether (sulfide) groups is 1. The van der Waals surface area contributed by atoms with E-state index in [0.717, 1.165) is 29.5 Å². The molecule has 1 aromatic rings. The summed E-state index contributed by atoms with van der Waals surface area (Å²) in [6.07, 6.45) is 2.37. The lowest BCUT2D eigenvalue weighted by Crippen LogP contribution is -2.32. The zero-order valence-corrected chi connectivity index (χ0v) is 11.4. The van der Waals surface area contributed by atoms with E-state index in [0.29, 0.717) is 12.3 Å². The van der Waals surface area contributed by atoms with Gasteiger partial charge in [-0.3, -0.25) is 4.79 Å². The van der Waals surface area contributed by atoms with Gasteiger partial charge in [-0.15, -0.1) is 11.3 Å². The predicted molar refractivity (Wildman–Crippen MR) is 69.6 cm³/mol. The van der Waals surface area contributed by atoms with Crippen molar-refractivity contribution in [2.24, 2.45) is 0 Å². The number of ether oxygens (including phenoxy) is 1. The van der Waals surface area contributed by atoms with Gasteiger partial charge in [0.15, 0.2) is 4.34 Å². The molecule has 0 aromatic carbocycles. The molecule has 0 radical (unpaired) electrons. The van der Waals surface area contributed by atoms with Crippen LogP contribution in [-0.4, -0.2) is 35.9 Å². The highest BCUT2D eigenvalue weighted by molar-refractivity contribution is 8.01. The number of carbonyl (C=O) groups is 1. The lowest BCUT2D eigenvalue weighted by atomic mass is 10.2. The van der Waals surface area contributed by atoms with E-state index in [-0.39, 0.29) is 12.0 Å². The van der Waals surface area contributed by atoms with Crippen LogP contribution in [-0.2, 0) is 9.53 Å². The van der Waals surface area contributed by atoms with Gasteiger partial charge in [0.2, 0.25) is 5.91 Å². The van der Waals surface area contributed by atoms with Crippen molar-refractivity contribution < 1.29 is 9.53 Å². The molecule has 2 rings (SSSR count). The summed E-state index contributed by atoms with van der Waals surface area (Å²) < 4.78 is 6.39. The molecule has 2 heterocycles. The molecular weight excluding hydrogens is 256 g/mol. The second-order valence-corrected chi connectivity index (χ2v) is 6.06. The molecule has 1 unspecified atom stereocenters. The van der Waals surface area contributed by atoms with Gasteiger partial charge in [0.25, 0.3) is 0 Å². The summed E-state index contributed by atoms with van der Waals surface area (Å²) in [7, 11) is 0.